The molecule has 0 saturated heterocycles. The number of aryl methyl sites for hydroxylation is 1. The maximum absolute atomic E-state index is 12.5. The van der Waals surface area contributed by atoms with Crippen LogP contribution < -0.4 is 10.2 Å². The van der Waals surface area contributed by atoms with E-state index in [1.54, 1.807) is 0 Å². The fourth-order valence-electron chi connectivity index (χ4n) is 3.07. The molecule has 0 bridgehead atoms. The van der Waals surface area contributed by atoms with Gasteiger partial charge in [0.2, 0.25) is 5.89 Å². The van der Waals surface area contributed by atoms with Gasteiger partial charge in [0, 0.05) is 36.6 Å². The van der Waals surface area contributed by atoms with Crippen LogP contribution in [0.25, 0.3) is 22.6 Å². The fourth-order valence-corrected chi connectivity index (χ4v) is 3.07. The van der Waals surface area contributed by atoms with Crippen LogP contribution in [0.3, 0.4) is 0 Å². The number of carbonyl (C=O) groups excluding carboxylic acids is 1. The predicted octanol–water partition coefficient (Wildman–Crippen LogP) is 5.12. The molecule has 0 aliphatic carbocycles. The third-order valence-corrected chi connectivity index (χ3v) is 4.64. The maximum Gasteiger partial charge on any atom is 0.255 e. The van der Waals surface area contributed by atoms with E-state index in [9.17, 15) is 4.79 Å². The van der Waals surface area contributed by atoms with Crippen LogP contribution in [0.15, 0.2) is 71.1 Å². The van der Waals surface area contributed by atoms with Gasteiger partial charge in [-0.3, -0.25) is 4.79 Å². The summed E-state index contributed by atoms with van der Waals surface area (Å²) < 4.78 is 5.91. The average Bonchev–Trinajstić information content (AvgIpc) is 3.12. The van der Waals surface area contributed by atoms with E-state index >= 15 is 0 Å². The van der Waals surface area contributed by atoms with Crippen molar-refractivity contribution in [2.75, 3.05) is 24.3 Å². The summed E-state index contributed by atoms with van der Waals surface area (Å²) in [6.07, 6.45) is 0. The van der Waals surface area contributed by atoms with Gasteiger partial charge >= 0.3 is 0 Å². The van der Waals surface area contributed by atoms with E-state index in [0.29, 0.717) is 28.2 Å². The molecule has 0 saturated carbocycles. The summed E-state index contributed by atoms with van der Waals surface area (Å²) >= 11 is 0. The van der Waals surface area contributed by atoms with E-state index < -0.39 is 0 Å². The van der Waals surface area contributed by atoms with Gasteiger partial charge in [0.05, 0.1) is 0 Å². The van der Waals surface area contributed by atoms with Crippen LogP contribution in [0.5, 0.6) is 0 Å². The SMILES string of the molecule is Cc1ccccc1C(=O)Nc1ccc2oc(-c3cccc(N(C)C)c3)nc2c1. The molecule has 1 heterocycles. The third-order valence-electron chi connectivity index (χ3n) is 4.64. The largest absolute Gasteiger partial charge is 0.436 e. The first-order valence-corrected chi connectivity index (χ1v) is 9.06. The molecule has 0 aliphatic heterocycles. The summed E-state index contributed by atoms with van der Waals surface area (Å²) in [5.74, 6) is 0.418. The van der Waals surface area contributed by atoms with Crippen molar-refractivity contribution in [1.29, 1.82) is 0 Å². The van der Waals surface area contributed by atoms with E-state index in [-0.39, 0.29) is 5.91 Å². The molecule has 140 valence electrons. The Morgan fingerprint density at radius 1 is 1.00 bits per heavy atom. The molecule has 0 atom stereocenters. The number of nitrogens with zero attached hydrogens (tertiary/aromatic N) is 2. The van der Waals surface area contributed by atoms with Crippen LogP contribution in [-0.2, 0) is 0 Å². The highest BCUT2D eigenvalue weighted by molar-refractivity contribution is 6.05. The van der Waals surface area contributed by atoms with Crippen LogP contribution in [0.4, 0.5) is 11.4 Å². The lowest BCUT2D eigenvalue weighted by Crippen LogP contribution is -2.13. The van der Waals surface area contributed by atoms with Gasteiger partial charge in [-0.05, 0) is 55.0 Å². The van der Waals surface area contributed by atoms with Crippen molar-refractivity contribution >= 4 is 28.4 Å². The van der Waals surface area contributed by atoms with Crippen LogP contribution in [0.2, 0.25) is 0 Å². The van der Waals surface area contributed by atoms with E-state index in [1.807, 2.05) is 92.6 Å². The first kappa shape index (κ1) is 17.8. The molecule has 1 aromatic heterocycles. The van der Waals surface area contributed by atoms with Crippen molar-refractivity contribution in [3.63, 3.8) is 0 Å². The lowest BCUT2D eigenvalue weighted by Gasteiger charge is -2.12. The third kappa shape index (κ3) is 3.47. The highest BCUT2D eigenvalue weighted by Crippen LogP contribution is 2.28. The predicted molar refractivity (Wildman–Crippen MR) is 113 cm³/mol. The molecule has 5 heteroatoms. The number of carbonyl (C=O) groups is 1. The van der Waals surface area contributed by atoms with Crippen molar-refractivity contribution in [3.05, 3.63) is 77.9 Å². The lowest BCUT2D eigenvalue weighted by atomic mass is 10.1. The van der Waals surface area contributed by atoms with Gasteiger partial charge < -0.3 is 14.6 Å². The second-order valence-electron chi connectivity index (χ2n) is 6.92. The van der Waals surface area contributed by atoms with Crippen molar-refractivity contribution in [2.45, 2.75) is 6.92 Å². The number of amides is 1. The molecular weight excluding hydrogens is 350 g/mol. The van der Waals surface area contributed by atoms with Gasteiger partial charge in [-0.2, -0.15) is 0 Å². The number of rotatable bonds is 4. The molecule has 0 aliphatic rings. The van der Waals surface area contributed by atoms with Crippen molar-refractivity contribution in [2.24, 2.45) is 0 Å². The molecule has 1 N–H and O–H groups in total. The number of oxazole rings is 1. The van der Waals surface area contributed by atoms with E-state index in [0.717, 1.165) is 16.8 Å². The zero-order chi connectivity index (χ0) is 19.7. The number of hydrogen-bond acceptors (Lipinski definition) is 4. The summed E-state index contributed by atoms with van der Waals surface area (Å²) in [6, 6.07) is 21.0. The monoisotopic (exact) mass is 371 g/mol. The summed E-state index contributed by atoms with van der Waals surface area (Å²) in [7, 11) is 3.99. The molecule has 5 nitrogen and oxygen atoms in total. The standard InChI is InChI=1S/C23H21N3O2/c1-15-7-4-5-10-19(15)22(27)24-17-11-12-21-20(14-17)25-23(28-21)16-8-6-9-18(13-16)26(2)3/h4-14H,1-3H3,(H,24,27). The number of aromatic nitrogens is 1. The Hall–Kier alpha value is -3.60. The number of nitrogens with one attached hydrogen (secondary N) is 1. The van der Waals surface area contributed by atoms with Crippen molar-refractivity contribution in [1.82, 2.24) is 4.98 Å². The summed E-state index contributed by atoms with van der Waals surface area (Å²) in [4.78, 5) is 19.2. The van der Waals surface area contributed by atoms with Gasteiger partial charge in [-0.15, -0.1) is 0 Å². The van der Waals surface area contributed by atoms with Crippen molar-refractivity contribution < 1.29 is 9.21 Å². The highest BCUT2D eigenvalue weighted by Gasteiger charge is 2.12. The number of hydrogen-bond donors (Lipinski definition) is 1. The molecule has 1 amide bonds. The summed E-state index contributed by atoms with van der Waals surface area (Å²) in [5.41, 5.74) is 5.64. The maximum atomic E-state index is 12.5. The zero-order valence-electron chi connectivity index (χ0n) is 16.1. The topological polar surface area (TPSA) is 58.4 Å². The molecule has 0 spiro atoms. The van der Waals surface area contributed by atoms with Crippen LogP contribution in [0.1, 0.15) is 15.9 Å². The van der Waals surface area contributed by atoms with E-state index in [4.69, 9.17) is 4.42 Å². The quantitative estimate of drug-likeness (QED) is 0.541. The Kier molecular flexibility index (Phi) is 4.57. The van der Waals surface area contributed by atoms with Gasteiger partial charge in [-0.1, -0.05) is 24.3 Å². The van der Waals surface area contributed by atoms with Gasteiger partial charge in [0.25, 0.3) is 5.91 Å². The van der Waals surface area contributed by atoms with Gasteiger partial charge in [-0.25, -0.2) is 4.98 Å². The molecule has 3 aromatic carbocycles. The average molecular weight is 371 g/mol. The fraction of sp³-hybridized carbons (Fsp3) is 0.130. The van der Waals surface area contributed by atoms with Crippen LogP contribution >= 0.6 is 0 Å². The van der Waals surface area contributed by atoms with Gasteiger partial charge in [0.15, 0.2) is 5.58 Å². The summed E-state index contributed by atoms with van der Waals surface area (Å²) in [5, 5.41) is 2.94. The van der Waals surface area contributed by atoms with Crippen LogP contribution in [-0.4, -0.2) is 25.0 Å². The molecular formula is C23H21N3O2. The number of anilines is 2. The molecule has 0 unspecified atom stereocenters. The molecule has 4 rings (SSSR count). The minimum Gasteiger partial charge on any atom is -0.436 e. The Labute approximate surface area is 163 Å². The minimum absolute atomic E-state index is 0.139. The second-order valence-corrected chi connectivity index (χ2v) is 6.92. The Bertz CT molecular complexity index is 1160. The normalized spacial score (nSPS) is 10.8. The molecule has 28 heavy (non-hydrogen) atoms. The molecule has 0 radical (unpaired) electrons. The van der Waals surface area contributed by atoms with Gasteiger partial charge in [0.1, 0.15) is 5.52 Å². The van der Waals surface area contributed by atoms with Crippen LogP contribution in [0, 0.1) is 6.92 Å². The molecule has 4 aromatic rings. The number of fused-ring (bicyclic) bond motifs is 1. The smallest absolute Gasteiger partial charge is 0.255 e. The highest BCUT2D eigenvalue weighted by atomic mass is 16.3. The first-order chi connectivity index (χ1) is 13.5. The lowest BCUT2D eigenvalue weighted by molar-refractivity contribution is 0.102. The second kappa shape index (κ2) is 7.19. The Morgan fingerprint density at radius 2 is 1.82 bits per heavy atom. The number of benzene rings is 3. The Morgan fingerprint density at radius 3 is 2.61 bits per heavy atom. The first-order valence-electron chi connectivity index (χ1n) is 9.06. The van der Waals surface area contributed by atoms with E-state index in [2.05, 4.69) is 10.3 Å². The molecule has 0 fully saturated rings. The van der Waals surface area contributed by atoms with Crippen molar-refractivity contribution in [3.8, 4) is 11.5 Å². The zero-order valence-corrected chi connectivity index (χ0v) is 16.1. The minimum atomic E-state index is -0.139. The Balaban J connectivity index is 1.63. The van der Waals surface area contributed by atoms with E-state index in [1.165, 1.54) is 0 Å². The summed E-state index contributed by atoms with van der Waals surface area (Å²) in [6.45, 7) is 1.92.